The lowest BCUT2D eigenvalue weighted by Crippen LogP contribution is -2.41. The van der Waals surface area contributed by atoms with Crippen LogP contribution in [0, 0.1) is 13.8 Å². The number of aryl methyl sites for hydroxylation is 1. The molecule has 2 atom stereocenters. The van der Waals surface area contributed by atoms with E-state index in [4.69, 9.17) is 4.74 Å². The van der Waals surface area contributed by atoms with Crippen LogP contribution in [-0.4, -0.2) is 39.4 Å². The molecule has 0 radical (unpaired) electrons. The molecule has 1 aliphatic heterocycles. The second-order valence-electron chi connectivity index (χ2n) is 5.34. The van der Waals surface area contributed by atoms with Crippen LogP contribution in [0.5, 0.6) is 0 Å². The highest BCUT2D eigenvalue weighted by Crippen LogP contribution is 2.26. The van der Waals surface area contributed by atoms with Gasteiger partial charge in [0, 0.05) is 11.1 Å². The minimum Gasteiger partial charge on any atom is -0.391 e. The predicted octanol–water partition coefficient (Wildman–Crippen LogP) is 1.49. The summed E-state index contributed by atoms with van der Waals surface area (Å²) in [5.41, 5.74) is 2.31. The number of fused-ring (bicyclic) bond motifs is 1. The Balaban J connectivity index is 2.21. The number of nitrogens with zero attached hydrogens (tertiary/aromatic N) is 3. The van der Waals surface area contributed by atoms with Gasteiger partial charge in [0.1, 0.15) is 11.6 Å². The third-order valence-corrected chi connectivity index (χ3v) is 4.91. The molecule has 7 heteroatoms. The predicted molar refractivity (Wildman–Crippen MR) is 81.5 cm³/mol. The van der Waals surface area contributed by atoms with Gasteiger partial charge in [0.15, 0.2) is 0 Å². The van der Waals surface area contributed by atoms with E-state index in [-0.39, 0.29) is 12.2 Å². The van der Waals surface area contributed by atoms with E-state index in [9.17, 15) is 9.90 Å². The fourth-order valence-electron chi connectivity index (χ4n) is 2.57. The van der Waals surface area contributed by atoms with Gasteiger partial charge < -0.3 is 9.84 Å². The minimum atomic E-state index is -0.641. The lowest BCUT2D eigenvalue weighted by Gasteiger charge is -2.27. The fourth-order valence-corrected chi connectivity index (χ4v) is 3.10. The zero-order chi connectivity index (χ0) is 15.1. The van der Waals surface area contributed by atoms with E-state index >= 15 is 0 Å². The second-order valence-corrected chi connectivity index (χ2v) is 6.20. The van der Waals surface area contributed by atoms with Crippen LogP contribution < -0.4 is 5.56 Å². The van der Waals surface area contributed by atoms with Crippen molar-refractivity contribution in [1.29, 1.82) is 0 Å². The fraction of sp³-hybridized carbons (Fsp3) is 0.500. The van der Waals surface area contributed by atoms with Crippen molar-refractivity contribution >= 4 is 26.8 Å². The molecule has 0 spiro atoms. The Kier molecular flexibility index (Phi) is 3.81. The van der Waals surface area contributed by atoms with E-state index in [0.717, 1.165) is 15.6 Å². The normalized spacial score (nSPS) is 22.7. The molecule has 1 saturated heterocycles. The van der Waals surface area contributed by atoms with Crippen LogP contribution in [0.1, 0.15) is 23.6 Å². The van der Waals surface area contributed by atoms with Crippen molar-refractivity contribution in [1.82, 2.24) is 15.0 Å². The first kappa shape index (κ1) is 14.6. The standard InChI is InChI=1S/C14H16BrN3O3/c1-7-8(2)13-9(5-10(7)15)14(20)18(17-16-13)11-6-21-4-3-12(11)19/h5,11-12,19H,3-4,6H2,1-2H3. The number of benzene rings is 1. The van der Waals surface area contributed by atoms with Gasteiger partial charge in [-0.1, -0.05) is 21.1 Å². The zero-order valence-corrected chi connectivity index (χ0v) is 13.4. The van der Waals surface area contributed by atoms with E-state index in [2.05, 4.69) is 26.2 Å². The lowest BCUT2D eigenvalue weighted by atomic mass is 10.1. The maximum absolute atomic E-state index is 12.7. The molecule has 6 nitrogen and oxygen atoms in total. The van der Waals surface area contributed by atoms with Crippen LogP contribution >= 0.6 is 15.9 Å². The summed E-state index contributed by atoms with van der Waals surface area (Å²) < 4.78 is 7.45. The van der Waals surface area contributed by atoms with Gasteiger partial charge in [-0.3, -0.25) is 4.79 Å². The molecule has 112 valence electrons. The van der Waals surface area contributed by atoms with Crippen molar-refractivity contribution in [2.24, 2.45) is 0 Å². The maximum atomic E-state index is 12.7. The van der Waals surface area contributed by atoms with Gasteiger partial charge in [0.2, 0.25) is 0 Å². The van der Waals surface area contributed by atoms with Crippen LogP contribution in [0.15, 0.2) is 15.3 Å². The molecule has 2 unspecified atom stereocenters. The smallest absolute Gasteiger partial charge is 0.278 e. The van der Waals surface area contributed by atoms with Crippen molar-refractivity contribution < 1.29 is 9.84 Å². The van der Waals surface area contributed by atoms with Crippen LogP contribution in [-0.2, 0) is 4.74 Å². The van der Waals surface area contributed by atoms with Crippen LogP contribution in [0.2, 0.25) is 0 Å². The van der Waals surface area contributed by atoms with Gasteiger partial charge >= 0.3 is 0 Å². The monoisotopic (exact) mass is 353 g/mol. The van der Waals surface area contributed by atoms with Gasteiger partial charge in [0.25, 0.3) is 5.56 Å². The first-order chi connectivity index (χ1) is 10.0. The van der Waals surface area contributed by atoms with E-state index in [0.29, 0.717) is 23.9 Å². The van der Waals surface area contributed by atoms with Crippen LogP contribution in [0.4, 0.5) is 0 Å². The van der Waals surface area contributed by atoms with Crippen molar-refractivity contribution in [2.45, 2.75) is 32.4 Å². The number of hydrogen-bond donors (Lipinski definition) is 1. The molecular formula is C14H16BrN3O3. The average molecular weight is 354 g/mol. The molecule has 1 N–H and O–H groups in total. The highest BCUT2D eigenvalue weighted by Gasteiger charge is 2.28. The van der Waals surface area contributed by atoms with E-state index in [1.165, 1.54) is 4.68 Å². The topological polar surface area (TPSA) is 77.2 Å². The lowest BCUT2D eigenvalue weighted by molar-refractivity contribution is -0.0352. The van der Waals surface area contributed by atoms with Crippen molar-refractivity contribution in [2.75, 3.05) is 13.2 Å². The Hall–Kier alpha value is -1.31. The van der Waals surface area contributed by atoms with Crippen molar-refractivity contribution in [3.8, 4) is 0 Å². The number of ether oxygens (including phenoxy) is 1. The quantitative estimate of drug-likeness (QED) is 0.840. The van der Waals surface area contributed by atoms with E-state index in [1.54, 1.807) is 6.07 Å². The number of rotatable bonds is 1. The van der Waals surface area contributed by atoms with Gasteiger partial charge in [-0.15, -0.1) is 5.10 Å². The Bertz CT molecular complexity index is 759. The molecule has 1 fully saturated rings. The molecule has 2 heterocycles. The zero-order valence-electron chi connectivity index (χ0n) is 11.8. The number of halogens is 1. The van der Waals surface area contributed by atoms with Gasteiger partial charge in [-0.25, -0.2) is 4.68 Å². The molecule has 0 aliphatic carbocycles. The molecule has 1 aliphatic rings. The van der Waals surface area contributed by atoms with Gasteiger partial charge in [-0.05, 0) is 37.5 Å². The van der Waals surface area contributed by atoms with Crippen molar-refractivity contribution in [3.63, 3.8) is 0 Å². The van der Waals surface area contributed by atoms with Crippen molar-refractivity contribution in [3.05, 3.63) is 32.0 Å². The summed E-state index contributed by atoms with van der Waals surface area (Å²) in [5, 5.41) is 18.7. The van der Waals surface area contributed by atoms with E-state index < -0.39 is 12.1 Å². The largest absolute Gasteiger partial charge is 0.391 e. The molecule has 0 bridgehead atoms. The Morgan fingerprint density at radius 1 is 1.43 bits per heavy atom. The first-order valence-electron chi connectivity index (χ1n) is 6.81. The highest BCUT2D eigenvalue weighted by atomic mass is 79.9. The molecule has 21 heavy (non-hydrogen) atoms. The Labute approximate surface area is 129 Å². The van der Waals surface area contributed by atoms with Gasteiger partial charge in [-0.2, -0.15) is 0 Å². The summed E-state index contributed by atoms with van der Waals surface area (Å²) in [6, 6.07) is 1.28. The Morgan fingerprint density at radius 2 is 2.19 bits per heavy atom. The summed E-state index contributed by atoms with van der Waals surface area (Å²) in [5.74, 6) is 0. The summed E-state index contributed by atoms with van der Waals surface area (Å²) in [4.78, 5) is 12.7. The molecule has 0 saturated carbocycles. The number of aliphatic hydroxyl groups excluding tert-OH is 1. The highest BCUT2D eigenvalue weighted by molar-refractivity contribution is 9.10. The second kappa shape index (κ2) is 5.47. The summed E-state index contributed by atoms with van der Waals surface area (Å²) in [6.07, 6.45) is -0.147. The average Bonchev–Trinajstić information content (AvgIpc) is 2.47. The van der Waals surface area contributed by atoms with Gasteiger partial charge in [0.05, 0.1) is 18.1 Å². The molecule has 3 rings (SSSR count). The summed E-state index contributed by atoms with van der Waals surface area (Å²) in [6.45, 7) is 4.65. The molecule has 1 aromatic heterocycles. The van der Waals surface area contributed by atoms with Crippen LogP contribution in [0.3, 0.4) is 0 Å². The number of hydrogen-bond acceptors (Lipinski definition) is 5. The van der Waals surface area contributed by atoms with E-state index in [1.807, 2.05) is 13.8 Å². The summed E-state index contributed by atoms with van der Waals surface area (Å²) in [7, 11) is 0. The third kappa shape index (κ3) is 2.39. The molecule has 2 aromatic rings. The molecular weight excluding hydrogens is 338 g/mol. The Morgan fingerprint density at radius 3 is 2.90 bits per heavy atom. The number of aliphatic hydroxyl groups is 1. The maximum Gasteiger partial charge on any atom is 0.278 e. The molecule has 0 amide bonds. The third-order valence-electron chi connectivity index (χ3n) is 4.09. The van der Waals surface area contributed by atoms with Crippen LogP contribution in [0.25, 0.3) is 10.9 Å². The summed E-state index contributed by atoms with van der Waals surface area (Å²) >= 11 is 3.46. The SMILES string of the molecule is Cc1c(Br)cc2c(=O)n(C3COCCC3O)nnc2c1C. The minimum absolute atomic E-state index is 0.252. The number of aromatic nitrogens is 3. The first-order valence-corrected chi connectivity index (χ1v) is 7.60. The molecule has 1 aromatic carbocycles.